The number of nitrogens with one attached hydrogen (secondary N) is 1. The highest BCUT2D eigenvalue weighted by molar-refractivity contribution is 4.94. The van der Waals surface area contributed by atoms with E-state index < -0.39 is 0 Å². The quantitative estimate of drug-likeness (QED) is 0.866. The van der Waals surface area contributed by atoms with Crippen molar-refractivity contribution in [2.75, 3.05) is 26.7 Å². The third kappa shape index (κ3) is 4.43. The minimum Gasteiger partial charge on any atom is -0.367 e. The van der Waals surface area contributed by atoms with Gasteiger partial charge in [-0.2, -0.15) is 0 Å². The van der Waals surface area contributed by atoms with Crippen LogP contribution in [0.25, 0.3) is 0 Å². The second-order valence-electron chi connectivity index (χ2n) is 8.90. The smallest absolute Gasteiger partial charge is 0.0760 e. The van der Waals surface area contributed by atoms with Crippen molar-refractivity contribution < 1.29 is 4.74 Å². The summed E-state index contributed by atoms with van der Waals surface area (Å²) in [7, 11) is 2.13. The summed E-state index contributed by atoms with van der Waals surface area (Å²) >= 11 is 0. The van der Waals surface area contributed by atoms with Crippen LogP contribution < -0.4 is 5.32 Å². The lowest BCUT2D eigenvalue weighted by Crippen LogP contribution is -2.59. The molecule has 2 fully saturated rings. The zero-order chi connectivity index (χ0) is 15.8. The molecule has 3 heteroatoms. The van der Waals surface area contributed by atoms with E-state index in [0.29, 0.717) is 6.04 Å². The summed E-state index contributed by atoms with van der Waals surface area (Å²) in [6.07, 6.45) is 2.70. The van der Waals surface area contributed by atoms with E-state index >= 15 is 0 Å². The van der Waals surface area contributed by atoms with E-state index in [0.717, 1.165) is 30.8 Å². The maximum absolute atomic E-state index is 6.22. The summed E-state index contributed by atoms with van der Waals surface area (Å²) < 4.78 is 6.22. The van der Waals surface area contributed by atoms with Crippen LogP contribution in [0.1, 0.15) is 54.4 Å². The summed E-state index contributed by atoms with van der Waals surface area (Å²) in [5.41, 5.74) is -0.0792. The Labute approximate surface area is 131 Å². The van der Waals surface area contributed by atoms with Crippen molar-refractivity contribution in [1.29, 1.82) is 0 Å². The fourth-order valence-electron chi connectivity index (χ4n) is 4.92. The van der Waals surface area contributed by atoms with E-state index in [2.05, 4.69) is 58.8 Å². The van der Waals surface area contributed by atoms with Crippen LogP contribution in [-0.4, -0.2) is 48.8 Å². The molecule has 1 saturated heterocycles. The first-order chi connectivity index (χ1) is 9.62. The first-order valence-electron chi connectivity index (χ1n) is 8.72. The second kappa shape index (κ2) is 6.17. The van der Waals surface area contributed by atoms with Crippen molar-refractivity contribution in [3.05, 3.63) is 0 Å². The van der Waals surface area contributed by atoms with Crippen molar-refractivity contribution in [3.8, 4) is 0 Å². The molecule has 3 nitrogen and oxygen atoms in total. The Kier molecular flexibility index (Phi) is 5.07. The molecule has 124 valence electrons. The van der Waals surface area contributed by atoms with Crippen molar-refractivity contribution in [1.82, 2.24) is 10.2 Å². The highest BCUT2D eigenvalue weighted by Gasteiger charge is 2.41. The summed E-state index contributed by atoms with van der Waals surface area (Å²) in [5, 5.41) is 3.59. The van der Waals surface area contributed by atoms with Gasteiger partial charge in [0.05, 0.1) is 11.2 Å². The van der Waals surface area contributed by atoms with Gasteiger partial charge < -0.3 is 10.1 Å². The Bertz CT molecular complexity index is 337. The van der Waals surface area contributed by atoms with E-state index in [9.17, 15) is 0 Å². The van der Waals surface area contributed by atoms with E-state index in [1.807, 2.05) is 0 Å². The Morgan fingerprint density at radius 2 is 1.62 bits per heavy atom. The number of rotatable bonds is 3. The molecule has 21 heavy (non-hydrogen) atoms. The molecule has 1 heterocycles. The molecular weight excluding hydrogens is 260 g/mol. The highest BCUT2D eigenvalue weighted by Crippen LogP contribution is 2.36. The van der Waals surface area contributed by atoms with Crippen molar-refractivity contribution >= 4 is 0 Å². The third-order valence-corrected chi connectivity index (χ3v) is 5.28. The van der Waals surface area contributed by atoms with Gasteiger partial charge in [-0.3, -0.25) is 4.90 Å². The summed E-state index contributed by atoms with van der Waals surface area (Å²) in [6, 6.07) is 0.665. The molecule has 0 radical (unpaired) electrons. The fourth-order valence-corrected chi connectivity index (χ4v) is 4.92. The van der Waals surface area contributed by atoms with Crippen LogP contribution in [0.3, 0.4) is 0 Å². The number of morpholine rings is 1. The topological polar surface area (TPSA) is 24.5 Å². The number of hydrogen-bond acceptors (Lipinski definition) is 3. The van der Waals surface area contributed by atoms with Gasteiger partial charge in [0.15, 0.2) is 0 Å². The first kappa shape index (κ1) is 17.2. The molecule has 1 saturated carbocycles. The SMILES string of the molecule is CNC1CC(C)CC(C)C1CN1CC(C)(C)OC(C)(C)C1. The lowest BCUT2D eigenvalue weighted by molar-refractivity contribution is -0.183. The van der Waals surface area contributed by atoms with Gasteiger partial charge in [-0.1, -0.05) is 13.8 Å². The van der Waals surface area contributed by atoms with Gasteiger partial charge >= 0.3 is 0 Å². The van der Waals surface area contributed by atoms with Gasteiger partial charge in [0.25, 0.3) is 0 Å². The Morgan fingerprint density at radius 1 is 1.05 bits per heavy atom. The Balaban J connectivity index is 2.05. The van der Waals surface area contributed by atoms with Crippen LogP contribution in [0, 0.1) is 17.8 Å². The molecular formula is C18H36N2O. The van der Waals surface area contributed by atoms with Crippen molar-refractivity contribution in [2.24, 2.45) is 17.8 Å². The molecule has 0 spiro atoms. The highest BCUT2D eigenvalue weighted by atomic mass is 16.5. The Hall–Kier alpha value is -0.120. The molecule has 0 amide bonds. The molecule has 2 aliphatic rings. The van der Waals surface area contributed by atoms with Crippen LogP contribution in [-0.2, 0) is 4.74 Å². The van der Waals surface area contributed by atoms with Gasteiger partial charge in [0.2, 0.25) is 0 Å². The molecule has 1 aliphatic carbocycles. The standard InChI is InChI=1S/C18H36N2O/c1-13-8-14(2)15(16(9-13)19-7)10-20-11-17(3,4)21-18(5,6)12-20/h13-16,19H,8-12H2,1-7H3. The molecule has 0 aromatic heterocycles. The van der Waals surface area contributed by atoms with E-state index in [4.69, 9.17) is 4.74 Å². The van der Waals surface area contributed by atoms with Gasteiger partial charge in [-0.25, -0.2) is 0 Å². The third-order valence-electron chi connectivity index (χ3n) is 5.28. The van der Waals surface area contributed by atoms with Crippen molar-refractivity contribution in [2.45, 2.75) is 71.6 Å². The molecule has 1 aliphatic heterocycles. The second-order valence-corrected chi connectivity index (χ2v) is 8.90. The molecule has 0 bridgehead atoms. The van der Waals surface area contributed by atoms with Gasteiger partial charge in [-0.05, 0) is 65.3 Å². The minimum absolute atomic E-state index is 0.0396. The van der Waals surface area contributed by atoms with Gasteiger partial charge in [0, 0.05) is 25.7 Å². The van der Waals surface area contributed by atoms with Gasteiger partial charge in [-0.15, -0.1) is 0 Å². The largest absolute Gasteiger partial charge is 0.367 e. The van der Waals surface area contributed by atoms with E-state index in [1.165, 1.54) is 19.4 Å². The molecule has 2 rings (SSSR count). The minimum atomic E-state index is -0.0396. The molecule has 4 unspecified atom stereocenters. The van der Waals surface area contributed by atoms with Crippen LogP contribution in [0.2, 0.25) is 0 Å². The number of ether oxygens (including phenoxy) is 1. The summed E-state index contributed by atoms with van der Waals surface area (Å²) in [6.45, 7) is 17.0. The lowest BCUT2D eigenvalue weighted by Gasteiger charge is -2.50. The molecule has 0 aromatic rings. The lowest BCUT2D eigenvalue weighted by atomic mass is 9.72. The summed E-state index contributed by atoms with van der Waals surface area (Å²) in [5.74, 6) is 2.42. The monoisotopic (exact) mass is 296 g/mol. The predicted molar refractivity (Wildman–Crippen MR) is 89.6 cm³/mol. The molecule has 4 atom stereocenters. The van der Waals surface area contributed by atoms with Crippen LogP contribution in [0.4, 0.5) is 0 Å². The maximum Gasteiger partial charge on any atom is 0.0760 e. The average Bonchev–Trinajstić information content (AvgIpc) is 2.28. The normalized spacial score (nSPS) is 40.1. The maximum atomic E-state index is 6.22. The first-order valence-corrected chi connectivity index (χ1v) is 8.72. The summed E-state index contributed by atoms with van der Waals surface area (Å²) in [4.78, 5) is 2.64. The van der Waals surface area contributed by atoms with Gasteiger partial charge in [0.1, 0.15) is 0 Å². The number of hydrogen-bond donors (Lipinski definition) is 1. The van der Waals surface area contributed by atoms with E-state index in [1.54, 1.807) is 0 Å². The van der Waals surface area contributed by atoms with Crippen molar-refractivity contribution in [3.63, 3.8) is 0 Å². The predicted octanol–water partition coefficient (Wildman–Crippen LogP) is 3.15. The zero-order valence-electron chi connectivity index (χ0n) is 15.2. The fraction of sp³-hybridized carbons (Fsp3) is 1.00. The molecule has 1 N–H and O–H groups in total. The van der Waals surface area contributed by atoms with Crippen LogP contribution >= 0.6 is 0 Å². The average molecular weight is 296 g/mol. The van der Waals surface area contributed by atoms with Crippen LogP contribution in [0.5, 0.6) is 0 Å². The molecule has 0 aromatic carbocycles. The van der Waals surface area contributed by atoms with Crippen LogP contribution in [0.15, 0.2) is 0 Å². The zero-order valence-corrected chi connectivity index (χ0v) is 15.2. The Morgan fingerprint density at radius 3 is 2.14 bits per heavy atom. The number of nitrogens with zero attached hydrogens (tertiary/aromatic N) is 1. The van der Waals surface area contributed by atoms with E-state index in [-0.39, 0.29) is 11.2 Å².